The number of alkyl halides is 3. The summed E-state index contributed by atoms with van der Waals surface area (Å²) >= 11 is 0. The number of hydrogen-bond donors (Lipinski definition) is 2. The van der Waals surface area contributed by atoms with E-state index in [0.717, 1.165) is 18.7 Å². The van der Waals surface area contributed by atoms with Crippen molar-refractivity contribution in [2.45, 2.75) is 64.4 Å². The van der Waals surface area contributed by atoms with Crippen LogP contribution in [0.2, 0.25) is 0 Å². The Kier molecular flexibility index (Phi) is 7.67. The average Bonchev–Trinajstić information content (AvgIpc) is 2.95. The number of unbranched alkanes of at least 4 members (excludes halogenated alkanes) is 1. The number of fused-ring (bicyclic) bond motifs is 1. The first kappa shape index (κ1) is 20.5. The first-order chi connectivity index (χ1) is 12.4. The summed E-state index contributed by atoms with van der Waals surface area (Å²) in [4.78, 5) is 8.82. The highest BCUT2D eigenvalue weighted by Gasteiger charge is 2.26. The molecule has 2 heterocycles. The molecule has 0 radical (unpaired) electrons. The molecule has 0 aliphatic carbocycles. The molecule has 2 rings (SSSR count). The van der Waals surface area contributed by atoms with Crippen LogP contribution in [0, 0.1) is 0 Å². The van der Waals surface area contributed by atoms with Gasteiger partial charge in [0.15, 0.2) is 11.8 Å². The van der Waals surface area contributed by atoms with Gasteiger partial charge in [0.2, 0.25) is 0 Å². The summed E-state index contributed by atoms with van der Waals surface area (Å²) in [6.45, 7) is 4.07. The lowest BCUT2D eigenvalue weighted by atomic mass is 10.1. The van der Waals surface area contributed by atoms with Crippen LogP contribution < -0.4 is 10.6 Å². The molecule has 1 aliphatic heterocycles. The molecule has 0 saturated carbocycles. The van der Waals surface area contributed by atoms with Gasteiger partial charge < -0.3 is 15.4 Å². The van der Waals surface area contributed by atoms with Gasteiger partial charge in [-0.3, -0.25) is 4.99 Å². The number of halogens is 3. The van der Waals surface area contributed by atoms with Crippen molar-refractivity contribution in [3.63, 3.8) is 0 Å². The van der Waals surface area contributed by atoms with Gasteiger partial charge >= 0.3 is 6.18 Å². The lowest BCUT2D eigenvalue weighted by molar-refractivity contribution is -0.135. The number of methoxy groups -OCH3 is 1. The highest BCUT2D eigenvalue weighted by molar-refractivity contribution is 5.80. The number of hydrogen-bond acceptors (Lipinski definition) is 4. The minimum absolute atomic E-state index is 0.0976. The molecule has 10 heteroatoms. The maximum absolute atomic E-state index is 12.2. The molecule has 0 fully saturated rings. The third-order valence-electron chi connectivity index (χ3n) is 4.00. The molecule has 0 amide bonds. The van der Waals surface area contributed by atoms with Gasteiger partial charge in [0, 0.05) is 39.1 Å². The van der Waals surface area contributed by atoms with Gasteiger partial charge in [0.25, 0.3) is 0 Å². The highest BCUT2D eigenvalue weighted by atomic mass is 19.4. The molecule has 148 valence electrons. The fourth-order valence-corrected chi connectivity index (χ4v) is 2.81. The fourth-order valence-electron chi connectivity index (χ4n) is 2.81. The van der Waals surface area contributed by atoms with Crippen LogP contribution in [0.4, 0.5) is 13.2 Å². The van der Waals surface area contributed by atoms with Crippen LogP contribution >= 0.6 is 0 Å². The molecule has 2 N–H and O–H groups in total. The van der Waals surface area contributed by atoms with Gasteiger partial charge in [-0.1, -0.05) is 0 Å². The Morgan fingerprint density at radius 2 is 2.19 bits per heavy atom. The van der Waals surface area contributed by atoms with Crippen LogP contribution in [0.5, 0.6) is 0 Å². The van der Waals surface area contributed by atoms with Crippen LogP contribution in [0.15, 0.2) is 4.99 Å². The Morgan fingerprint density at radius 1 is 1.38 bits per heavy atom. The van der Waals surface area contributed by atoms with Gasteiger partial charge in [-0.15, -0.1) is 0 Å². The minimum atomic E-state index is -4.09. The van der Waals surface area contributed by atoms with Crippen molar-refractivity contribution in [1.82, 2.24) is 25.4 Å². The summed E-state index contributed by atoms with van der Waals surface area (Å²) < 4.78 is 43.4. The van der Waals surface area contributed by atoms with Gasteiger partial charge in [-0.2, -0.15) is 18.3 Å². The van der Waals surface area contributed by atoms with E-state index in [-0.39, 0.29) is 12.5 Å². The van der Waals surface area contributed by atoms with E-state index in [2.05, 4.69) is 25.7 Å². The number of aryl methyl sites for hydroxylation is 1. The van der Waals surface area contributed by atoms with E-state index in [1.54, 1.807) is 7.11 Å². The lowest BCUT2D eigenvalue weighted by Crippen LogP contribution is -2.47. The standard InChI is InChI=1S/C16H27F3N6O/c1-3-20-15(21-9-5-4-8-16(17,18)19)22-12-6-7-14-23-13(11-26-2)24-25(14)10-12/h12H,3-11H2,1-2H3,(H2,20,21,22). The van der Waals surface area contributed by atoms with E-state index in [1.807, 2.05) is 11.6 Å². The van der Waals surface area contributed by atoms with E-state index in [0.29, 0.717) is 44.4 Å². The quantitative estimate of drug-likeness (QED) is 0.412. The Bertz CT molecular complexity index is 587. The SMILES string of the molecule is CCNC(=NCCCCC(F)(F)F)NC1CCc2nc(COC)nn2C1. The average molecular weight is 376 g/mol. The predicted molar refractivity (Wildman–Crippen MR) is 91.9 cm³/mol. The Labute approximate surface area is 151 Å². The molecule has 0 aromatic carbocycles. The highest BCUT2D eigenvalue weighted by Crippen LogP contribution is 2.22. The van der Waals surface area contributed by atoms with Crippen molar-refractivity contribution in [2.75, 3.05) is 20.2 Å². The molecule has 1 aliphatic rings. The number of rotatable bonds is 8. The molecule has 1 unspecified atom stereocenters. The van der Waals surface area contributed by atoms with Crippen molar-refractivity contribution in [3.05, 3.63) is 11.6 Å². The Morgan fingerprint density at radius 3 is 2.88 bits per heavy atom. The number of guanidine groups is 1. The van der Waals surface area contributed by atoms with Crippen molar-refractivity contribution < 1.29 is 17.9 Å². The van der Waals surface area contributed by atoms with Gasteiger partial charge in [-0.05, 0) is 26.2 Å². The van der Waals surface area contributed by atoms with Crippen LogP contribution in [0.25, 0.3) is 0 Å². The number of aromatic nitrogens is 3. The van der Waals surface area contributed by atoms with E-state index < -0.39 is 12.6 Å². The molecule has 1 atom stereocenters. The van der Waals surface area contributed by atoms with Crippen molar-refractivity contribution in [3.8, 4) is 0 Å². The monoisotopic (exact) mass is 376 g/mol. The molecular weight excluding hydrogens is 349 g/mol. The number of ether oxygens (including phenoxy) is 1. The van der Waals surface area contributed by atoms with Crippen molar-refractivity contribution in [2.24, 2.45) is 4.99 Å². The molecule has 7 nitrogen and oxygen atoms in total. The second-order valence-corrected chi connectivity index (χ2v) is 6.27. The van der Waals surface area contributed by atoms with E-state index >= 15 is 0 Å². The molecule has 1 aromatic rings. The summed E-state index contributed by atoms with van der Waals surface area (Å²) in [6, 6.07) is 0.146. The summed E-state index contributed by atoms with van der Waals surface area (Å²) in [7, 11) is 1.61. The zero-order chi connectivity index (χ0) is 19.0. The number of nitrogens with one attached hydrogen (secondary N) is 2. The molecular formula is C16H27F3N6O. The van der Waals surface area contributed by atoms with E-state index in [1.165, 1.54) is 0 Å². The summed E-state index contributed by atoms with van der Waals surface area (Å²) in [5.41, 5.74) is 0. The predicted octanol–water partition coefficient (Wildman–Crippen LogP) is 2.03. The third-order valence-corrected chi connectivity index (χ3v) is 4.00. The van der Waals surface area contributed by atoms with Crippen LogP contribution in [-0.4, -0.2) is 53.1 Å². The van der Waals surface area contributed by atoms with Crippen LogP contribution in [0.1, 0.15) is 44.3 Å². The first-order valence-electron chi connectivity index (χ1n) is 8.94. The van der Waals surface area contributed by atoms with Crippen LogP contribution in [-0.2, 0) is 24.3 Å². The Hall–Kier alpha value is -1.84. The maximum atomic E-state index is 12.2. The molecule has 26 heavy (non-hydrogen) atoms. The first-order valence-corrected chi connectivity index (χ1v) is 8.94. The normalized spacial score (nSPS) is 17.9. The Balaban J connectivity index is 1.83. The third kappa shape index (κ3) is 6.81. The fraction of sp³-hybridized carbons (Fsp3) is 0.812. The van der Waals surface area contributed by atoms with E-state index in [9.17, 15) is 13.2 Å². The topological polar surface area (TPSA) is 76.4 Å². The van der Waals surface area contributed by atoms with Gasteiger partial charge in [-0.25, -0.2) is 9.67 Å². The van der Waals surface area contributed by atoms with Crippen molar-refractivity contribution >= 4 is 5.96 Å². The second kappa shape index (κ2) is 9.75. The minimum Gasteiger partial charge on any atom is -0.377 e. The molecule has 1 aromatic heterocycles. The van der Waals surface area contributed by atoms with Gasteiger partial charge in [0.1, 0.15) is 12.4 Å². The van der Waals surface area contributed by atoms with Crippen molar-refractivity contribution in [1.29, 1.82) is 0 Å². The largest absolute Gasteiger partial charge is 0.389 e. The molecule has 0 saturated heterocycles. The second-order valence-electron chi connectivity index (χ2n) is 6.27. The van der Waals surface area contributed by atoms with Crippen LogP contribution in [0.3, 0.4) is 0 Å². The number of nitrogens with zero attached hydrogens (tertiary/aromatic N) is 4. The van der Waals surface area contributed by atoms with E-state index in [4.69, 9.17) is 4.74 Å². The zero-order valence-corrected chi connectivity index (χ0v) is 15.3. The maximum Gasteiger partial charge on any atom is 0.389 e. The van der Waals surface area contributed by atoms with Gasteiger partial charge in [0.05, 0.1) is 6.54 Å². The smallest absolute Gasteiger partial charge is 0.377 e. The summed E-state index contributed by atoms with van der Waals surface area (Å²) in [5.74, 6) is 2.25. The number of aliphatic imine (C=N–C) groups is 1. The lowest BCUT2D eigenvalue weighted by Gasteiger charge is -2.25. The summed E-state index contributed by atoms with van der Waals surface area (Å²) in [5, 5.41) is 10.9. The summed E-state index contributed by atoms with van der Waals surface area (Å²) in [6.07, 6.45) is -2.64. The molecule has 0 bridgehead atoms. The zero-order valence-electron chi connectivity index (χ0n) is 15.3. The molecule has 0 spiro atoms.